The zero-order chi connectivity index (χ0) is 23.4. The molecular weight excluding hydrogens is 458 g/mol. The lowest BCUT2D eigenvalue weighted by molar-refractivity contribution is -0.122. The van der Waals surface area contributed by atoms with Crippen molar-refractivity contribution < 1.29 is 22.7 Å². The van der Waals surface area contributed by atoms with Crippen molar-refractivity contribution in [3.63, 3.8) is 0 Å². The summed E-state index contributed by atoms with van der Waals surface area (Å²) in [6.45, 7) is 6.13. The number of amides is 1. The van der Waals surface area contributed by atoms with Gasteiger partial charge < -0.3 is 19.7 Å². The van der Waals surface area contributed by atoms with Gasteiger partial charge in [-0.2, -0.15) is 4.31 Å². The number of rotatable bonds is 5. The lowest BCUT2D eigenvalue weighted by Crippen LogP contribution is -2.62. The largest absolute Gasteiger partial charge is 0.489 e. The predicted molar refractivity (Wildman–Crippen MR) is 127 cm³/mol. The van der Waals surface area contributed by atoms with Crippen LogP contribution in [-0.2, 0) is 19.6 Å². The van der Waals surface area contributed by atoms with Crippen LogP contribution in [-0.4, -0.2) is 81.5 Å². The molecule has 0 bridgehead atoms. The summed E-state index contributed by atoms with van der Waals surface area (Å²) < 4.78 is 39.8. The van der Waals surface area contributed by atoms with Crippen molar-refractivity contribution in [2.75, 3.05) is 49.7 Å². The minimum atomic E-state index is -3.60. The van der Waals surface area contributed by atoms with Gasteiger partial charge in [0.1, 0.15) is 18.4 Å². The van der Waals surface area contributed by atoms with E-state index in [0.717, 1.165) is 44.2 Å². The first-order valence-corrected chi connectivity index (χ1v) is 13.8. The first kappa shape index (κ1) is 22.5. The van der Waals surface area contributed by atoms with Gasteiger partial charge in [0.05, 0.1) is 36.7 Å². The summed E-state index contributed by atoms with van der Waals surface area (Å²) in [5, 5.41) is 2.42. The number of carbonyl (C=O) groups is 1. The molecule has 0 aromatic heterocycles. The Morgan fingerprint density at radius 3 is 2.79 bits per heavy atom. The van der Waals surface area contributed by atoms with Gasteiger partial charge in [-0.1, -0.05) is 6.92 Å². The maximum absolute atomic E-state index is 13.6. The van der Waals surface area contributed by atoms with E-state index in [0.29, 0.717) is 49.6 Å². The molecule has 6 rings (SSSR count). The third kappa shape index (κ3) is 3.78. The molecule has 5 aliphatic rings. The van der Waals surface area contributed by atoms with Crippen LogP contribution in [0.4, 0.5) is 11.4 Å². The summed E-state index contributed by atoms with van der Waals surface area (Å²) in [5.41, 5.74) is 7.95. The van der Waals surface area contributed by atoms with Crippen LogP contribution in [0.2, 0.25) is 0 Å². The second-order valence-corrected chi connectivity index (χ2v) is 12.4. The smallest absolute Gasteiger partial charge is 0.242 e. The van der Waals surface area contributed by atoms with Gasteiger partial charge in [0.15, 0.2) is 0 Å². The molecule has 10 nitrogen and oxygen atoms in total. The normalized spacial score (nSPS) is 33.8. The Balaban J connectivity index is 1.15. The first-order valence-electron chi connectivity index (χ1n) is 12.3. The van der Waals surface area contributed by atoms with E-state index in [2.05, 4.69) is 28.0 Å². The van der Waals surface area contributed by atoms with Crippen LogP contribution in [0.1, 0.15) is 26.2 Å². The van der Waals surface area contributed by atoms with Crippen LogP contribution in [0.5, 0.6) is 5.75 Å². The van der Waals surface area contributed by atoms with Gasteiger partial charge in [-0.3, -0.25) is 15.6 Å². The van der Waals surface area contributed by atoms with Crippen molar-refractivity contribution in [1.29, 1.82) is 0 Å². The molecule has 4 unspecified atom stereocenters. The number of nitrogens with one attached hydrogen (secondary N) is 3. The SMILES string of the molecule is CC1CC2CNNC2C(S(=O)(=O)N2CC[C@H]2C(=O)Nc2ccc3c(c2)OCCN3C2COC2)C1. The fourth-order valence-corrected chi connectivity index (χ4v) is 8.57. The highest BCUT2D eigenvalue weighted by molar-refractivity contribution is 7.89. The molecular formula is C23H33N5O5S. The van der Waals surface area contributed by atoms with Crippen LogP contribution in [0.25, 0.3) is 0 Å². The summed E-state index contributed by atoms with van der Waals surface area (Å²) in [4.78, 5) is 15.4. The van der Waals surface area contributed by atoms with E-state index in [1.54, 1.807) is 0 Å². The Morgan fingerprint density at radius 1 is 1.21 bits per heavy atom. The molecule has 1 aromatic rings. The first-order chi connectivity index (χ1) is 16.4. The molecule has 1 saturated carbocycles. The minimum absolute atomic E-state index is 0.104. The van der Waals surface area contributed by atoms with E-state index in [-0.39, 0.29) is 11.9 Å². The molecule has 5 atom stereocenters. The maximum Gasteiger partial charge on any atom is 0.242 e. The standard InChI is InChI=1S/C23H33N5O5S/c1-14-8-15-11-24-26-22(15)21(9-14)34(30,31)28-5-4-19(28)23(29)25-16-2-3-18-20(10-16)33-7-6-27(18)17-12-32-13-17/h2-3,10,14-15,17,19,21-22,24,26H,4-9,11-13H2,1H3,(H,25,29)/t14?,15?,19-,21?,22?/m0/s1. The Labute approximate surface area is 200 Å². The maximum atomic E-state index is 13.6. The van der Waals surface area contributed by atoms with Crippen molar-refractivity contribution in [2.45, 2.75) is 49.6 Å². The minimum Gasteiger partial charge on any atom is -0.489 e. The molecule has 1 amide bonds. The van der Waals surface area contributed by atoms with Crippen molar-refractivity contribution in [3.8, 4) is 5.75 Å². The summed E-state index contributed by atoms with van der Waals surface area (Å²) in [6.07, 6.45) is 2.17. The number of ether oxygens (including phenoxy) is 2. The number of anilines is 2. The highest BCUT2D eigenvalue weighted by Gasteiger charge is 2.52. The van der Waals surface area contributed by atoms with E-state index >= 15 is 0 Å². The molecule has 4 fully saturated rings. The van der Waals surface area contributed by atoms with Crippen LogP contribution < -0.4 is 25.8 Å². The van der Waals surface area contributed by atoms with Crippen molar-refractivity contribution in [2.24, 2.45) is 11.8 Å². The Morgan fingerprint density at radius 2 is 2.06 bits per heavy atom. The number of hydrazine groups is 1. The van der Waals surface area contributed by atoms with Crippen LogP contribution >= 0.6 is 0 Å². The van der Waals surface area contributed by atoms with Gasteiger partial charge >= 0.3 is 0 Å². The Kier molecular flexibility index (Phi) is 5.72. The number of carbonyl (C=O) groups excluding carboxylic acids is 1. The molecule has 1 aliphatic carbocycles. The number of fused-ring (bicyclic) bond motifs is 2. The fraction of sp³-hybridized carbons (Fsp3) is 0.696. The summed E-state index contributed by atoms with van der Waals surface area (Å²) in [5.74, 6) is 1.10. The topological polar surface area (TPSA) is 112 Å². The second kappa shape index (κ2) is 8.63. The molecule has 0 spiro atoms. The average Bonchev–Trinajstić information content (AvgIpc) is 3.19. The summed E-state index contributed by atoms with van der Waals surface area (Å²) in [6, 6.07) is 5.24. The monoisotopic (exact) mass is 491 g/mol. The van der Waals surface area contributed by atoms with Gasteiger partial charge in [-0.05, 0) is 43.2 Å². The van der Waals surface area contributed by atoms with Crippen LogP contribution in [0, 0.1) is 11.8 Å². The third-order valence-corrected chi connectivity index (χ3v) is 10.4. The van der Waals surface area contributed by atoms with Gasteiger partial charge in [-0.25, -0.2) is 8.42 Å². The fourth-order valence-electron chi connectivity index (χ4n) is 6.07. The van der Waals surface area contributed by atoms with E-state index in [4.69, 9.17) is 9.47 Å². The number of hydrogen-bond donors (Lipinski definition) is 3. The van der Waals surface area contributed by atoms with Gasteiger partial charge in [-0.15, -0.1) is 0 Å². The zero-order valence-electron chi connectivity index (χ0n) is 19.4. The zero-order valence-corrected chi connectivity index (χ0v) is 20.2. The van der Waals surface area contributed by atoms with E-state index in [1.165, 1.54) is 4.31 Å². The number of sulfonamides is 1. The van der Waals surface area contributed by atoms with Gasteiger partial charge in [0, 0.05) is 30.9 Å². The molecule has 0 radical (unpaired) electrons. The average molecular weight is 492 g/mol. The van der Waals surface area contributed by atoms with E-state index in [1.807, 2.05) is 18.2 Å². The third-order valence-electron chi connectivity index (χ3n) is 8.05. The molecule has 4 heterocycles. The summed E-state index contributed by atoms with van der Waals surface area (Å²) in [7, 11) is -3.60. The summed E-state index contributed by atoms with van der Waals surface area (Å²) >= 11 is 0. The molecule has 1 aromatic carbocycles. The number of nitrogens with zero attached hydrogens (tertiary/aromatic N) is 2. The molecule has 4 aliphatic heterocycles. The second-order valence-electron chi connectivity index (χ2n) is 10.3. The molecule has 11 heteroatoms. The quantitative estimate of drug-likeness (QED) is 0.547. The van der Waals surface area contributed by atoms with E-state index in [9.17, 15) is 13.2 Å². The predicted octanol–water partition coefficient (Wildman–Crippen LogP) is 0.518. The molecule has 3 saturated heterocycles. The van der Waals surface area contributed by atoms with Crippen LogP contribution in [0.15, 0.2) is 18.2 Å². The Bertz CT molecular complexity index is 1060. The van der Waals surface area contributed by atoms with Crippen LogP contribution in [0.3, 0.4) is 0 Å². The molecule has 3 N–H and O–H groups in total. The van der Waals surface area contributed by atoms with Crippen molar-refractivity contribution >= 4 is 27.3 Å². The highest BCUT2D eigenvalue weighted by Crippen LogP contribution is 2.39. The lowest BCUT2D eigenvalue weighted by Gasteiger charge is -2.44. The van der Waals surface area contributed by atoms with Gasteiger partial charge in [0.25, 0.3) is 0 Å². The van der Waals surface area contributed by atoms with Gasteiger partial charge in [0.2, 0.25) is 15.9 Å². The molecule has 186 valence electrons. The number of hydrogen-bond acceptors (Lipinski definition) is 8. The van der Waals surface area contributed by atoms with Crippen molar-refractivity contribution in [1.82, 2.24) is 15.2 Å². The Hall–Kier alpha value is -1.92. The lowest BCUT2D eigenvalue weighted by atomic mass is 9.79. The van der Waals surface area contributed by atoms with Crippen molar-refractivity contribution in [3.05, 3.63) is 18.2 Å². The highest BCUT2D eigenvalue weighted by atomic mass is 32.2. The van der Waals surface area contributed by atoms with E-state index < -0.39 is 21.3 Å². The molecule has 34 heavy (non-hydrogen) atoms. The number of benzene rings is 1.